The van der Waals surface area contributed by atoms with E-state index in [1.165, 1.54) is 0 Å². The fraction of sp³-hybridized carbons (Fsp3) is 0.0385. The number of benzene rings is 4. The average molecular weight is 463 g/mol. The summed E-state index contributed by atoms with van der Waals surface area (Å²) in [5.41, 5.74) is 11.1. The van der Waals surface area contributed by atoms with Gasteiger partial charge < -0.3 is 11.1 Å². The van der Waals surface area contributed by atoms with Gasteiger partial charge in [-0.05, 0) is 97.1 Å². The SMILES string of the molecule is CNC(=O)c1ccc(N=Nc2ccc(N=Nc3ccc(N=Nc4ccc(N)cc4)cc3)cc2)cc1. The molecule has 0 bridgehead atoms. The summed E-state index contributed by atoms with van der Waals surface area (Å²) in [6.45, 7) is 0. The van der Waals surface area contributed by atoms with E-state index in [0.717, 1.165) is 5.69 Å². The van der Waals surface area contributed by atoms with Crippen LogP contribution in [0.2, 0.25) is 0 Å². The van der Waals surface area contributed by atoms with Gasteiger partial charge in [-0.3, -0.25) is 4.79 Å². The molecule has 172 valence electrons. The highest BCUT2D eigenvalue weighted by Crippen LogP contribution is 2.25. The third-order valence-corrected chi connectivity index (χ3v) is 4.79. The van der Waals surface area contributed by atoms with Crippen molar-refractivity contribution in [1.82, 2.24) is 5.32 Å². The van der Waals surface area contributed by atoms with E-state index in [4.69, 9.17) is 5.73 Å². The van der Waals surface area contributed by atoms with Crippen LogP contribution in [0, 0.1) is 0 Å². The van der Waals surface area contributed by atoms with Gasteiger partial charge in [-0.2, -0.15) is 30.7 Å². The number of rotatable bonds is 7. The zero-order valence-electron chi connectivity index (χ0n) is 18.9. The third kappa shape index (κ3) is 6.72. The van der Waals surface area contributed by atoms with Gasteiger partial charge in [0.1, 0.15) is 0 Å². The number of nitrogens with one attached hydrogen (secondary N) is 1. The van der Waals surface area contributed by atoms with Gasteiger partial charge in [-0.15, -0.1) is 0 Å². The van der Waals surface area contributed by atoms with Crippen LogP contribution in [0.3, 0.4) is 0 Å². The van der Waals surface area contributed by atoms with Gasteiger partial charge in [0.25, 0.3) is 5.91 Å². The number of carbonyl (C=O) groups is 1. The first-order valence-electron chi connectivity index (χ1n) is 10.7. The molecule has 0 aromatic heterocycles. The van der Waals surface area contributed by atoms with E-state index < -0.39 is 0 Å². The molecule has 9 heteroatoms. The smallest absolute Gasteiger partial charge is 0.251 e. The van der Waals surface area contributed by atoms with Crippen LogP contribution in [0.1, 0.15) is 10.4 Å². The van der Waals surface area contributed by atoms with Crippen LogP contribution in [0.4, 0.5) is 39.8 Å². The van der Waals surface area contributed by atoms with Gasteiger partial charge in [0.05, 0.1) is 34.1 Å². The van der Waals surface area contributed by atoms with Crippen LogP contribution in [-0.4, -0.2) is 13.0 Å². The normalized spacial score (nSPS) is 11.5. The molecule has 0 atom stereocenters. The van der Waals surface area contributed by atoms with Gasteiger partial charge in [-0.1, -0.05) is 0 Å². The van der Waals surface area contributed by atoms with Crippen LogP contribution in [0.25, 0.3) is 0 Å². The quantitative estimate of drug-likeness (QED) is 0.214. The molecule has 0 heterocycles. The number of nitrogens with zero attached hydrogens (tertiary/aromatic N) is 6. The summed E-state index contributed by atoms with van der Waals surface area (Å²) >= 11 is 0. The minimum absolute atomic E-state index is 0.144. The molecule has 1 amide bonds. The molecule has 0 aliphatic carbocycles. The second kappa shape index (κ2) is 11.2. The van der Waals surface area contributed by atoms with Crippen molar-refractivity contribution < 1.29 is 4.79 Å². The van der Waals surface area contributed by atoms with Crippen molar-refractivity contribution in [3.05, 3.63) is 103 Å². The molecule has 0 saturated carbocycles. The maximum Gasteiger partial charge on any atom is 0.251 e. The standard InChI is InChI=1S/C26H22N8O/c1-28-26(35)18-2-6-20(7-3-18)29-31-22-10-14-24(15-11-22)33-34-25-16-12-23(13-17-25)32-30-21-8-4-19(27)5-9-21/h2-17H,27H2,1H3,(H,28,35). The van der Waals surface area contributed by atoms with E-state index in [1.54, 1.807) is 67.7 Å². The van der Waals surface area contributed by atoms with E-state index in [2.05, 4.69) is 36.0 Å². The number of hydrogen-bond donors (Lipinski definition) is 2. The number of anilines is 1. The molecule has 4 aromatic rings. The Labute approximate surface area is 202 Å². The molecule has 0 radical (unpaired) electrons. The Kier molecular flexibility index (Phi) is 7.39. The summed E-state index contributed by atoms with van der Waals surface area (Å²) in [5.74, 6) is -0.144. The number of amides is 1. The highest BCUT2D eigenvalue weighted by molar-refractivity contribution is 5.94. The van der Waals surface area contributed by atoms with E-state index in [1.807, 2.05) is 36.4 Å². The number of azo groups is 3. The summed E-state index contributed by atoms with van der Waals surface area (Å²) in [5, 5.41) is 27.9. The van der Waals surface area contributed by atoms with E-state index >= 15 is 0 Å². The Hall–Kier alpha value is -5.05. The Morgan fingerprint density at radius 3 is 1.06 bits per heavy atom. The van der Waals surface area contributed by atoms with E-state index in [-0.39, 0.29) is 5.91 Å². The highest BCUT2D eigenvalue weighted by Gasteiger charge is 2.01. The van der Waals surface area contributed by atoms with Crippen LogP contribution < -0.4 is 11.1 Å². The maximum atomic E-state index is 11.6. The summed E-state index contributed by atoms with van der Waals surface area (Å²) < 4.78 is 0. The number of hydrogen-bond acceptors (Lipinski definition) is 8. The monoisotopic (exact) mass is 462 g/mol. The lowest BCUT2D eigenvalue weighted by molar-refractivity contribution is 0.0963. The predicted octanol–water partition coefficient (Wildman–Crippen LogP) is 7.87. The van der Waals surface area contributed by atoms with E-state index in [0.29, 0.717) is 39.7 Å². The van der Waals surface area contributed by atoms with Crippen molar-refractivity contribution in [2.24, 2.45) is 30.7 Å². The largest absolute Gasteiger partial charge is 0.399 e. The van der Waals surface area contributed by atoms with Crippen molar-refractivity contribution in [2.45, 2.75) is 0 Å². The molecule has 9 nitrogen and oxygen atoms in total. The van der Waals surface area contributed by atoms with Crippen molar-refractivity contribution in [3.63, 3.8) is 0 Å². The van der Waals surface area contributed by atoms with Crippen LogP contribution >= 0.6 is 0 Å². The first-order chi connectivity index (χ1) is 17.1. The van der Waals surface area contributed by atoms with Gasteiger partial charge in [0.2, 0.25) is 0 Å². The number of nitrogens with two attached hydrogens (primary N) is 1. The highest BCUT2D eigenvalue weighted by atomic mass is 16.1. The van der Waals surface area contributed by atoms with Crippen molar-refractivity contribution in [3.8, 4) is 0 Å². The van der Waals surface area contributed by atoms with Gasteiger partial charge in [-0.25, -0.2) is 0 Å². The fourth-order valence-corrected chi connectivity index (χ4v) is 2.88. The molecule has 0 aliphatic rings. The molecular weight excluding hydrogens is 440 g/mol. The third-order valence-electron chi connectivity index (χ3n) is 4.79. The average Bonchev–Trinajstić information content (AvgIpc) is 2.91. The topological polar surface area (TPSA) is 129 Å². The summed E-state index contributed by atoms with van der Waals surface area (Å²) in [6, 6.07) is 28.5. The lowest BCUT2D eigenvalue weighted by Crippen LogP contribution is -2.17. The summed E-state index contributed by atoms with van der Waals surface area (Å²) in [7, 11) is 1.59. The Bertz CT molecular complexity index is 1360. The Morgan fingerprint density at radius 2 is 0.771 bits per heavy atom. The lowest BCUT2D eigenvalue weighted by atomic mass is 10.2. The Balaban J connectivity index is 1.33. The molecular formula is C26H22N8O. The molecule has 0 spiro atoms. The van der Waals surface area contributed by atoms with Crippen molar-refractivity contribution in [1.29, 1.82) is 0 Å². The summed E-state index contributed by atoms with van der Waals surface area (Å²) in [6.07, 6.45) is 0. The van der Waals surface area contributed by atoms with Crippen LogP contribution in [0.5, 0.6) is 0 Å². The minimum atomic E-state index is -0.144. The van der Waals surface area contributed by atoms with Gasteiger partial charge in [0, 0.05) is 18.3 Å². The zero-order chi connectivity index (χ0) is 24.5. The number of carbonyl (C=O) groups excluding carboxylic acids is 1. The molecule has 0 unspecified atom stereocenters. The summed E-state index contributed by atoms with van der Waals surface area (Å²) in [4.78, 5) is 11.6. The molecule has 0 aliphatic heterocycles. The van der Waals surface area contributed by atoms with Crippen molar-refractivity contribution in [2.75, 3.05) is 12.8 Å². The lowest BCUT2D eigenvalue weighted by Gasteiger charge is -1.99. The molecule has 0 saturated heterocycles. The maximum absolute atomic E-state index is 11.6. The molecule has 0 fully saturated rings. The fourth-order valence-electron chi connectivity index (χ4n) is 2.88. The van der Waals surface area contributed by atoms with Crippen LogP contribution in [-0.2, 0) is 0 Å². The number of nitrogen functional groups attached to an aromatic ring is 1. The molecule has 4 aromatic carbocycles. The second-order valence-corrected chi connectivity index (χ2v) is 7.35. The van der Waals surface area contributed by atoms with Crippen molar-refractivity contribution >= 4 is 45.7 Å². The second-order valence-electron chi connectivity index (χ2n) is 7.35. The minimum Gasteiger partial charge on any atom is -0.399 e. The predicted molar refractivity (Wildman–Crippen MR) is 136 cm³/mol. The first-order valence-corrected chi connectivity index (χ1v) is 10.7. The van der Waals surface area contributed by atoms with E-state index in [9.17, 15) is 4.79 Å². The van der Waals surface area contributed by atoms with Gasteiger partial charge in [0.15, 0.2) is 0 Å². The molecule has 4 rings (SSSR count). The van der Waals surface area contributed by atoms with Crippen LogP contribution in [0.15, 0.2) is 128 Å². The molecule has 3 N–H and O–H groups in total. The first kappa shape index (κ1) is 23.1. The Morgan fingerprint density at radius 1 is 0.514 bits per heavy atom. The van der Waals surface area contributed by atoms with Gasteiger partial charge >= 0.3 is 0 Å². The molecule has 35 heavy (non-hydrogen) atoms. The zero-order valence-corrected chi connectivity index (χ0v) is 18.9.